The van der Waals surface area contributed by atoms with Crippen LogP contribution in [0.2, 0.25) is 0 Å². The lowest BCUT2D eigenvalue weighted by atomic mass is 9.99. The first-order valence-corrected chi connectivity index (χ1v) is 25.3. The molecule has 72 heavy (non-hydrogen) atoms. The second kappa shape index (κ2) is 23.3. The van der Waals surface area contributed by atoms with Gasteiger partial charge in [0.25, 0.3) is 5.91 Å². The first-order chi connectivity index (χ1) is 35.1. The van der Waals surface area contributed by atoms with E-state index in [1.54, 1.807) is 14.2 Å². The number of ketones is 1. The van der Waals surface area contributed by atoms with Gasteiger partial charge >= 0.3 is 0 Å². The number of methoxy groups -OCH3 is 2. The molecule has 0 unspecified atom stereocenters. The molecular formula is C58H67N5O9. The minimum Gasteiger partial charge on any atom is -0.493 e. The van der Waals surface area contributed by atoms with E-state index in [4.69, 9.17) is 28.4 Å². The molecule has 2 atom stereocenters. The number of fused-ring (bicyclic) bond motifs is 8. The molecule has 9 rings (SSSR count). The zero-order chi connectivity index (χ0) is 50.1. The molecule has 4 aliphatic heterocycles. The van der Waals surface area contributed by atoms with Crippen LogP contribution in [0.5, 0.6) is 17.2 Å². The summed E-state index contributed by atoms with van der Waals surface area (Å²) in [4.78, 5) is 47.4. The Morgan fingerprint density at radius 3 is 2.17 bits per heavy atom. The number of likely N-dealkylation sites (N-methyl/N-ethyl adjacent to an activating group) is 1. The van der Waals surface area contributed by atoms with Crippen LogP contribution >= 0.6 is 0 Å². The van der Waals surface area contributed by atoms with E-state index in [1.807, 2.05) is 95.9 Å². The topological polar surface area (TPSA) is 131 Å². The van der Waals surface area contributed by atoms with E-state index < -0.39 is 0 Å². The van der Waals surface area contributed by atoms with Gasteiger partial charge in [-0.15, -0.1) is 0 Å². The van der Waals surface area contributed by atoms with Crippen molar-refractivity contribution in [2.75, 3.05) is 95.2 Å². The molecule has 0 saturated heterocycles. The van der Waals surface area contributed by atoms with E-state index in [0.29, 0.717) is 100 Å². The number of hydrogen-bond donors (Lipinski definition) is 1. The van der Waals surface area contributed by atoms with Crippen LogP contribution in [-0.2, 0) is 51.5 Å². The van der Waals surface area contributed by atoms with Crippen molar-refractivity contribution in [3.05, 3.63) is 136 Å². The average molecular weight is 978 g/mol. The number of benzene rings is 5. The van der Waals surface area contributed by atoms with Crippen LogP contribution in [0.1, 0.15) is 80.3 Å². The smallest absolute Gasteiger partial charge is 0.258 e. The van der Waals surface area contributed by atoms with Crippen LogP contribution in [0, 0.1) is 6.92 Å². The van der Waals surface area contributed by atoms with Gasteiger partial charge in [-0.25, -0.2) is 0 Å². The van der Waals surface area contributed by atoms with Gasteiger partial charge in [0.1, 0.15) is 31.8 Å². The fraction of sp³-hybridized carbons (Fsp3) is 0.414. The number of carbonyl (C=O) groups excluding carboxylic acids is 3. The van der Waals surface area contributed by atoms with Gasteiger partial charge in [-0.1, -0.05) is 49.4 Å². The van der Waals surface area contributed by atoms with Crippen LogP contribution in [0.4, 0.5) is 22.7 Å². The van der Waals surface area contributed by atoms with Crippen LogP contribution in [0.3, 0.4) is 0 Å². The minimum atomic E-state index is -0.210. The summed E-state index contributed by atoms with van der Waals surface area (Å²) in [5.74, 6) is 1.80. The number of aryl methyl sites for hydroxylation is 2. The Balaban J connectivity index is 0.988. The Kier molecular flexibility index (Phi) is 16.3. The van der Waals surface area contributed by atoms with Crippen molar-refractivity contribution in [2.24, 2.45) is 0 Å². The number of carbonyl (C=O) groups is 3. The van der Waals surface area contributed by atoms with E-state index in [1.165, 1.54) is 5.56 Å². The van der Waals surface area contributed by atoms with E-state index in [2.05, 4.69) is 46.8 Å². The molecule has 0 spiro atoms. The van der Waals surface area contributed by atoms with E-state index in [0.717, 1.165) is 76.4 Å². The largest absolute Gasteiger partial charge is 0.493 e. The van der Waals surface area contributed by atoms with Crippen molar-refractivity contribution in [1.29, 1.82) is 0 Å². The Bertz CT molecular complexity index is 2810. The molecule has 0 fully saturated rings. The molecule has 4 aliphatic rings. The lowest BCUT2D eigenvalue weighted by molar-refractivity contribution is -0.401. The van der Waals surface area contributed by atoms with Crippen molar-refractivity contribution in [3.63, 3.8) is 0 Å². The predicted octanol–water partition coefficient (Wildman–Crippen LogP) is 7.93. The molecule has 0 radical (unpaired) electrons. The molecular weight excluding hydrogens is 911 g/mol. The first-order valence-electron chi connectivity index (χ1n) is 25.3. The van der Waals surface area contributed by atoms with Crippen molar-refractivity contribution < 1.29 is 47.4 Å². The zero-order valence-corrected chi connectivity index (χ0v) is 42.3. The van der Waals surface area contributed by atoms with Gasteiger partial charge in [0.15, 0.2) is 11.5 Å². The molecule has 4 heterocycles. The second-order valence-corrected chi connectivity index (χ2v) is 18.9. The SMILES string of the molecule is CCNCC(=O)CCCN(CCOCCOCCOC)c1cc(COc2cc3c(cc2C)C(=O)N2c4ccccc4C[C@H]2[C-]=[N+]3C)cc(COc2cc3c(cc2OC)C(=O)N2c4ccccc4C[C@H]2CC3)c1. The summed E-state index contributed by atoms with van der Waals surface area (Å²) in [7, 11) is 5.19. The molecule has 2 amide bonds. The van der Waals surface area contributed by atoms with Gasteiger partial charge in [-0.05, 0) is 127 Å². The molecule has 0 aliphatic carbocycles. The summed E-state index contributed by atoms with van der Waals surface area (Å²) in [6, 6.07) is 30.1. The normalized spacial score (nSPS) is 16.4. The molecule has 0 bridgehead atoms. The fourth-order valence-corrected chi connectivity index (χ4v) is 10.4. The van der Waals surface area contributed by atoms with Crippen molar-refractivity contribution >= 4 is 46.6 Å². The van der Waals surface area contributed by atoms with Crippen LogP contribution in [0.25, 0.3) is 0 Å². The van der Waals surface area contributed by atoms with Gasteiger partial charge in [0.2, 0.25) is 5.91 Å². The minimum absolute atomic E-state index is 0.0176. The molecule has 14 nitrogen and oxygen atoms in total. The molecule has 0 saturated carbocycles. The number of amides is 2. The Hall–Kier alpha value is -6.58. The van der Waals surface area contributed by atoms with Crippen molar-refractivity contribution in [1.82, 2.24) is 5.32 Å². The number of hydrogen-bond acceptors (Lipinski definition) is 11. The molecule has 1 N–H and O–H groups in total. The maximum absolute atomic E-state index is 14.3. The lowest BCUT2D eigenvalue weighted by Crippen LogP contribution is -2.38. The highest BCUT2D eigenvalue weighted by atomic mass is 16.5. The number of para-hydroxylation sites is 2. The number of rotatable bonds is 24. The van der Waals surface area contributed by atoms with Crippen molar-refractivity contribution in [2.45, 2.75) is 77.7 Å². The van der Waals surface area contributed by atoms with Gasteiger partial charge in [0.05, 0.1) is 52.4 Å². The number of nitrogens with zero attached hydrogens (tertiary/aromatic N) is 4. The summed E-state index contributed by atoms with van der Waals surface area (Å²) in [5, 5.41) is 3.16. The third-order valence-electron chi connectivity index (χ3n) is 14.0. The average Bonchev–Trinajstić information content (AvgIpc) is 3.89. The van der Waals surface area contributed by atoms with Gasteiger partial charge in [-0.2, -0.15) is 0 Å². The quantitative estimate of drug-likeness (QED) is 0.0368. The Labute approximate surface area is 423 Å². The first kappa shape index (κ1) is 50.4. The van der Waals surface area contributed by atoms with E-state index in [9.17, 15) is 14.4 Å². The summed E-state index contributed by atoms with van der Waals surface area (Å²) in [6.07, 6.45) is 7.77. The van der Waals surface area contributed by atoms with Crippen LogP contribution in [-0.4, -0.2) is 121 Å². The molecule has 378 valence electrons. The maximum atomic E-state index is 14.3. The summed E-state index contributed by atoms with van der Waals surface area (Å²) >= 11 is 0. The maximum Gasteiger partial charge on any atom is 0.258 e. The third kappa shape index (κ3) is 11.2. The molecule has 0 aromatic heterocycles. The highest BCUT2D eigenvalue weighted by molar-refractivity contribution is 6.13. The van der Waals surface area contributed by atoms with Crippen LogP contribution < -0.4 is 34.2 Å². The lowest BCUT2D eigenvalue weighted by Gasteiger charge is -2.26. The zero-order valence-electron chi connectivity index (χ0n) is 42.3. The highest BCUT2D eigenvalue weighted by Gasteiger charge is 2.38. The van der Waals surface area contributed by atoms with Crippen LogP contribution in [0.15, 0.2) is 91.0 Å². The van der Waals surface area contributed by atoms with Gasteiger partial charge in [0, 0.05) is 73.1 Å². The summed E-state index contributed by atoms with van der Waals surface area (Å²) in [6.45, 7) is 9.02. The highest BCUT2D eigenvalue weighted by Crippen LogP contribution is 2.42. The fourth-order valence-electron chi connectivity index (χ4n) is 10.4. The number of anilines is 3. The van der Waals surface area contributed by atoms with Gasteiger partial charge < -0.3 is 53.0 Å². The number of ether oxygens (including phenoxy) is 6. The van der Waals surface area contributed by atoms with E-state index in [-0.39, 0.29) is 42.9 Å². The standard InChI is InChI=1S/C58H67N5O9/c1-6-59-35-48(64)14-11-19-61(20-21-69-24-25-70-23-22-67-4)46-28-40(37-71-54-34-53-50(26-39(54)2)58(66)63-47(36-60(53)3)31-44-13-8-10-16-52(44)63)27-41(29-46)38-72-56-32-42-17-18-45-30-43-12-7-9-15-51(43)62(45)57(65)49(42)33-55(56)68-5/h7-10,12-13,15-16,26-29,32-34,45,47,59H,6,11,14,17-25,30-31,35,37-38H2,1-5H3/t45-,47+/m1/s1. The van der Waals surface area contributed by atoms with Crippen molar-refractivity contribution in [3.8, 4) is 17.2 Å². The molecule has 5 aromatic rings. The monoisotopic (exact) mass is 977 g/mol. The predicted molar refractivity (Wildman–Crippen MR) is 278 cm³/mol. The number of Topliss-reactive ketones (excluding diaryl/α,β-unsaturated/α-hetero) is 1. The Morgan fingerprint density at radius 2 is 1.43 bits per heavy atom. The van der Waals surface area contributed by atoms with Gasteiger partial charge in [-0.3, -0.25) is 14.4 Å². The summed E-state index contributed by atoms with van der Waals surface area (Å²) in [5.41, 5.74) is 10.7. The Morgan fingerprint density at radius 1 is 0.750 bits per heavy atom. The number of nitrogens with one attached hydrogen (secondary N) is 1. The molecule has 5 aromatic carbocycles. The molecule has 14 heteroatoms. The second-order valence-electron chi connectivity index (χ2n) is 18.9. The third-order valence-corrected chi connectivity index (χ3v) is 14.0. The summed E-state index contributed by atoms with van der Waals surface area (Å²) < 4.78 is 38.0. The van der Waals surface area contributed by atoms with E-state index >= 15 is 0 Å².